The third kappa shape index (κ3) is 3.85. The molecule has 8 heteroatoms. The van der Waals surface area contributed by atoms with E-state index in [9.17, 15) is 0 Å². The van der Waals surface area contributed by atoms with Crippen LogP contribution in [0.5, 0.6) is 0 Å². The van der Waals surface area contributed by atoms with Crippen LogP contribution in [0.2, 0.25) is 0 Å². The van der Waals surface area contributed by atoms with Crippen LogP contribution in [0.4, 0.5) is 5.82 Å². The molecule has 0 radical (unpaired) electrons. The summed E-state index contributed by atoms with van der Waals surface area (Å²) < 4.78 is 2.01. The molecule has 2 aromatic heterocycles. The van der Waals surface area contributed by atoms with Gasteiger partial charge in [-0.05, 0) is 45.4 Å². The van der Waals surface area contributed by atoms with E-state index < -0.39 is 0 Å². The fraction of sp³-hybridized carbons (Fsp3) is 0.636. The Balaban J connectivity index is 1.33. The molecular formula is C22H34N8. The number of hydrogen-bond donors (Lipinski definition) is 4. The van der Waals surface area contributed by atoms with Crippen LogP contribution in [0.1, 0.15) is 49.5 Å². The number of hydrazine groups is 1. The lowest BCUT2D eigenvalue weighted by molar-refractivity contribution is 0.265. The van der Waals surface area contributed by atoms with E-state index in [1.807, 2.05) is 10.9 Å². The van der Waals surface area contributed by atoms with E-state index in [2.05, 4.69) is 69.9 Å². The van der Waals surface area contributed by atoms with Crippen molar-refractivity contribution in [1.29, 1.82) is 0 Å². The maximum atomic E-state index is 5.11. The number of fused-ring (bicyclic) bond motifs is 1. The van der Waals surface area contributed by atoms with Gasteiger partial charge in [0.05, 0.1) is 17.9 Å². The van der Waals surface area contributed by atoms with Crippen LogP contribution in [0.3, 0.4) is 0 Å². The lowest BCUT2D eigenvalue weighted by Gasteiger charge is -2.35. The first-order chi connectivity index (χ1) is 14.7. The van der Waals surface area contributed by atoms with Gasteiger partial charge in [0.1, 0.15) is 5.82 Å². The van der Waals surface area contributed by atoms with Gasteiger partial charge < -0.3 is 15.5 Å². The van der Waals surface area contributed by atoms with Crippen LogP contribution in [0.15, 0.2) is 30.6 Å². The highest BCUT2D eigenvalue weighted by Crippen LogP contribution is 2.38. The van der Waals surface area contributed by atoms with Crippen LogP contribution in [-0.4, -0.2) is 53.5 Å². The average Bonchev–Trinajstić information content (AvgIpc) is 3.46. The van der Waals surface area contributed by atoms with Crippen molar-refractivity contribution in [3.63, 3.8) is 0 Å². The molecule has 0 saturated carbocycles. The lowest BCUT2D eigenvalue weighted by Crippen LogP contribution is -2.46. The Morgan fingerprint density at radius 2 is 2.20 bits per heavy atom. The van der Waals surface area contributed by atoms with Crippen molar-refractivity contribution in [2.24, 2.45) is 5.92 Å². The number of nitrogens with zero attached hydrogens (tertiary/aromatic N) is 4. The van der Waals surface area contributed by atoms with Crippen molar-refractivity contribution in [2.45, 2.75) is 56.9 Å². The second kappa shape index (κ2) is 8.63. The van der Waals surface area contributed by atoms with E-state index in [4.69, 9.17) is 4.98 Å². The molecule has 162 valence electrons. The van der Waals surface area contributed by atoms with E-state index in [-0.39, 0.29) is 6.04 Å². The molecule has 8 nitrogen and oxygen atoms in total. The van der Waals surface area contributed by atoms with E-state index in [0.717, 1.165) is 44.1 Å². The molecule has 0 bridgehead atoms. The zero-order valence-electron chi connectivity index (χ0n) is 18.0. The summed E-state index contributed by atoms with van der Waals surface area (Å²) in [6.45, 7) is 6.10. The molecule has 0 amide bonds. The zero-order valence-corrected chi connectivity index (χ0v) is 18.0. The van der Waals surface area contributed by atoms with Crippen molar-refractivity contribution >= 4 is 5.82 Å². The Bertz CT molecular complexity index is 851. The lowest BCUT2D eigenvalue weighted by atomic mass is 9.82. The molecule has 3 fully saturated rings. The highest BCUT2D eigenvalue weighted by Gasteiger charge is 2.42. The van der Waals surface area contributed by atoms with E-state index in [0.29, 0.717) is 24.0 Å². The SMILES string of the molecule is CCn1cc(C2CC3C(CN2)NNC3c2cccc(N3CCC[C@@H](NC)C3)n2)cn1. The van der Waals surface area contributed by atoms with Crippen molar-refractivity contribution in [1.82, 2.24) is 36.2 Å². The van der Waals surface area contributed by atoms with Gasteiger partial charge in [-0.25, -0.2) is 10.4 Å². The molecule has 2 aromatic rings. The monoisotopic (exact) mass is 410 g/mol. The first-order valence-electron chi connectivity index (χ1n) is 11.4. The summed E-state index contributed by atoms with van der Waals surface area (Å²) in [5, 5.41) is 11.6. The Kier molecular flexibility index (Phi) is 5.73. The minimum atomic E-state index is 0.227. The van der Waals surface area contributed by atoms with Crippen LogP contribution in [-0.2, 0) is 6.54 Å². The fourth-order valence-electron chi connectivity index (χ4n) is 5.26. The molecule has 4 unspecified atom stereocenters. The molecule has 30 heavy (non-hydrogen) atoms. The summed E-state index contributed by atoms with van der Waals surface area (Å²) in [7, 11) is 2.06. The Hall–Kier alpha value is -2.00. The van der Waals surface area contributed by atoms with Gasteiger partial charge in [-0.3, -0.25) is 10.1 Å². The van der Waals surface area contributed by atoms with Gasteiger partial charge in [0.15, 0.2) is 0 Å². The summed E-state index contributed by atoms with van der Waals surface area (Å²) in [5.41, 5.74) is 9.49. The second-order valence-electron chi connectivity index (χ2n) is 8.86. The van der Waals surface area contributed by atoms with Crippen molar-refractivity contribution in [2.75, 3.05) is 31.6 Å². The highest BCUT2D eigenvalue weighted by molar-refractivity contribution is 5.41. The van der Waals surface area contributed by atoms with Crippen LogP contribution in [0.25, 0.3) is 0 Å². The quantitative estimate of drug-likeness (QED) is 0.592. The van der Waals surface area contributed by atoms with E-state index in [1.54, 1.807) is 0 Å². The Labute approximate surface area is 178 Å². The number of aromatic nitrogens is 3. The van der Waals surface area contributed by atoms with Crippen LogP contribution in [0, 0.1) is 5.92 Å². The number of piperidine rings is 2. The summed E-state index contributed by atoms with van der Waals surface area (Å²) in [6, 6.07) is 8.04. The largest absolute Gasteiger partial charge is 0.355 e. The van der Waals surface area contributed by atoms with Gasteiger partial charge in [0.25, 0.3) is 0 Å². The number of rotatable bonds is 5. The van der Waals surface area contributed by atoms with Gasteiger partial charge in [-0.1, -0.05) is 6.07 Å². The summed E-state index contributed by atoms with van der Waals surface area (Å²) in [4.78, 5) is 7.54. The topological polar surface area (TPSA) is 82.1 Å². The summed E-state index contributed by atoms with van der Waals surface area (Å²) in [6.07, 6.45) is 7.72. The van der Waals surface area contributed by atoms with Gasteiger partial charge >= 0.3 is 0 Å². The van der Waals surface area contributed by atoms with Crippen molar-refractivity contribution in [3.8, 4) is 0 Å². The first-order valence-corrected chi connectivity index (χ1v) is 11.4. The normalized spacial score (nSPS) is 31.7. The number of anilines is 1. The number of pyridine rings is 1. The minimum Gasteiger partial charge on any atom is -0.355 e. The molecule has 0 aliphatic carbocycles. The molecule has 3 aliphatic heterocycles. The second-order valence-corrected chi connectivity index (χ2v) is 8.86. The average molecular weight is 411 g/mol. The maximum absolute atomic E-state index is 5.11. The first kappa shape index (κ1) is 19.9. The number of hydrogen-bond acceptors (Lipinski definition) is 7. The standard InChI is InChI=1S/C22H34N8/c1-3-30-13-15(11-25-30)19-10-17-20(12-24-19)27-28-22(17)18-7-4-8-21(26-18)29-9-5-6-16(14-29)23-2/h4,7-8,11,13,16-17,19-20,22-24,27-28H,3,5-6,9-10,12,14H2,1-2H3/t16-,17?,19?,20?,22?/m1/s1. The highest BCUT2D eigenvalue weighted by atomic mass is 15.4. The maximum Gasteiger partial charge on any atom is 0.128 e. The number of aryl methyl sites for hydroxylation is 1. The minimum absolute atomic E-state index is 0.227. The molecule has 5 rings (SSSR count). The molecule has 3 saturated heterocycles. The predicted molar refractivity (Wildman–Crippen MR) is 118 cm³/mol. The van der Waals surface area contributed by atoms with Gasteiger partial charge in [0, 0.05) is 62.0 Å². The third-order valence-electron chi connectivity index (χ3n) is 7.07. The number of likely N-dealkylation sites (N-methyl/N-ethyl adjacent to an activating group) is 1. The molecular weight excluding hydrogens is 376 g/mol. The molecule has 5 heterocycles. The third-order valence-corrected chi connectivity index (χ3v) is 7.07. The predicted octanol–water partition coefficient (Wildman–Crippen LogP) is 1.35. The van der Waals surface area contributed by atoms with Crippen LogP contribution >= 0.6 is 0 Å². The smallest absolute Gasteiger partial charge is 0.128 e. The fourth-order valence-corrected chi connectivity index (χ4v) is 5.26. The van der Waals surface area contributed by atoms with Crippen LogP contribution < -0.4 is 26.4 Å². The molecule has 0 spiro atoms. The molecule has 3 aliphatic rings. The van der Waals surface area contributed by atoms with Gasteiger partial charge in [-0.2, -0.15) is 5.10 Å². The van der Waals surface area contributed by atoms with Gasteiger partial charge in [-0.15, -0.1) is 0 Å². The van der Waals surface area contributed by atoms with E-state index in [1.165, 1.54) is 18.4 Å². The molecule has 0 aromatic carbocycles. The molecule has 5 atom stereocenters. The van der Waals surface area contributed by atoms with E-state index >= 15 is 0 Å². The number of nitrogens with one attached hydrogen (secondary N) is 4. The van der Waals surface area contributed by atoms with Gasteiger partial charge in [0.2, 0.25) is 0 Å². The zero-order chi connectivity index (χ0) is 20.5. The Morgan fingerprint density at radius 3 is 3.03 bits per heavy atom. The Morgan fingerprint density at radius 1 is 1.27 bits per heavy atom. The van der Waals surface area contributed by atoms with Crippen molar-refractivity contribution < 1.29 is 0 Å². The summed E-state index contributed by atoms with van der Waals surface area (Å²) in [5.74, 6) is 1.60. The van der Waals surface area contributed by atoms with Crippen molar-refractivity contribution in [3.05, 3.63) is 41.9 Å². The summed E-state index contributed by atoms with van der Waals surface area (Å²) >= 11 is 0. The molecule has 4 N–H and O–H groups in total.